The van der Waals surface area contributed by atoms with Crippen molar-refractivity contribution >= 4 is 23.2 Å². The fourth-order valence-electron chi connectivity index (χ4n) is 2.01. The summed E-state index contributed by atoms with van der Waals surface area (Å²) in [5.74, 6) is -4.03. The number of hydrogen-bond donors (Lipinski definition) is 1. The SMILES string of the molecule is CNC(c1ccc(F)c(F)c1F)c1c(Cl)cccc1Cl. The molecule has 0 heterocycles. The van der Waals surface area contributed by atoms with E-state index < -0.39 is 23.5 Å². The summed E-state index contributed by atoms with van der Waals surface area (Å²) in [5, 5.41) is 3.42. The van der Waals surface area contributed by atoms with Crippen LogP contribution in [0.15, 0.2) is 30.3 Å². The fraction of sp³-hybridized carbons (Fsp3) is 0.143. The second kappa shape index (κ2) is 6.04. The third-order valence-corrected chi connectivity index (χ3v) is 3.61. The van der Waals surface area contributed by atoms with Gasteiger partial charge in [-0.3, -0.25) is 0 Å². The van der Waals surface area contributed by atoms with Crippen LogP contribution >= 0.6 is 23.2 Å². The summed E-state index contributed by atoms with van der Waals surface area (Å²) in [6, 6.07) is 6.06. The van der Waals surface area contributed by atoms with Crippen LogP contribution in [0, 0.1) is 17.5 Å². The highest BCUT2D eigenvalue weighted by Gasteiger charge is 2.24. The predicted molar refractivity (Wildman–Crippen MR) is 73.7 cm³/mol. The lowest BCUT2D eigenvalue weighted by atomic mass is 9.98. The minimum Gasteiger partial charge on any atom is -0.309 e. The number of rotatable bonds is 3. The second-order valence-electron chi connectivity index (χ2n) is 4.12. The van der Waals surface area contributed by atoms with E-state index in [-0.39, 0.29) is 5.56 Å². The Kier molecular flexibility index (Phi) is 4.58. The van der Waals surface area contributed by atoms with Gasteiger partial charge < -0.3 is 5.32 Å². The van der Waals surface area contributed by atoms with Crippen molar-refractivity contribution in [1.82, 2.24) is 5.32 Å². The lowest BCUT2D eigenvalue weighted by Crippen LogP contribution is -2.20. The molecule has 0 bridgehead atoms. The Morgan fingerprint density at radius 3 is 2.10 bits per heavy atom. The van der Waals surface area contributed by atoms with E-state index in [1.165, 1.54) is 0 Å². The highest BCUT2D eigenvalue weighted by molar-refractivity contribution is 6.36. The van der Waals surface area contributed by atoms with E-state index in [1.54, 1.807) is 25.2 Å². The van der Waals surface area contributed by atoms with Crippen LogP contribution in [0.1, 0.15) is 17.2 Å². The molecule has 0 aliphatic rings. The summed E-state index contributed by atoms with van der Waals surface area (Å²) in [7, 11) is 1.55. The number of nitrogens with one attached hydrogen (secondary N) is 1. The van der Waals surface area contributed by atoms with Gasteiger partial charge >= 0.3 is 0 Å². The van der Waals surface area contributed by atoms with Gasteiger partial charge in [-0.2, -0.15) is 0 Å². The van der Waals surface area contributed by atoms with Crippen molar-refractivity contribution in [3.05, 3.63) is 69.0 Å². The molecule has 2 aromatic rings. The Balaban J connectivity index is 2.62. The average Bonchev–Trinajstić information content (AvgIpc) is 2.42. The molecule has 0 saturated carbocycles. The molecule has 0 amide bonds. The van der Waals surface area contributed by atoms with E-state index in [9.17, 15) is 13.2 Å². The monoisotopic (exact) mass is 319 g/mol. The molecule has 6 heteroatoms. The number of benzene rings is 2. The Bertz CT molecular complexity index is 626. The molecule has 106 valence electrons. The van der Waals surface area contributed by atoms with Crippen LogP contribution in [0.25, 0.3) is 0 Å². The van der Waals surface area contributed by atoms with Gasteiger partial charge in [-0.25, -0.2) is 13.2 Å². The van der Waals surface area contributed by atoms with Crippen molar-refractivity contribution in [2.75, 3.05) is 7.05 Å². The van der Waals surface area contributed by atoms with Crippen molar-refractivity contribution in [2.24, 2.45) is 0 Å². The van der Waals surface area contributed by atoms with Gasteiger partial charge in [-0.1, -0.05) is 35.3 Å². The summed E-state index contributed by atoms with van der Waals surface area (Å²) in [6.45, 7) is 0. The molecular weight excluding hydrogens is 310 g/mol. The number of halogens is 5. The molecule has 0 spiro atoms. The van der Waals surface area contributed by atoms with Crippen molar-refractivity contribution in [3.63, 3.8) is 0 Å². The van der Waals surface area contributed by atoms with Crippen LogP contribution in [0.5, 0.6) is 0 Å². The van der Waals surface area contributed by atoms with Gasteiger partial charge in [0.15, 0.2) is 17.5 Å². The molecule has 1 atom stereocenters. The minimum absolute atomic E-state index is 0.0681. The van der Waals surface area contributed by atoms with Crippen molar-refractivity contribution in [1.29, 1.82) is 0 Å². The molecule has 1 nitrogen and oxygen atoms in total. The largest absolute Gasteiger partial charge is 0.309 e. The molecule has 20 heavy (non-hydrogen) atoms. The summed E-state index contributed by atoms with van der Waals surface area (Å²) in [5.41, 5.74) is 0.338. The molecule has 0 radical (unpaired) electrons. The number of hydrogen-bond acceptors (Lipinski definition) is 1. The smallest absolute Gasteiger partial charge is 0.194 e. The van der Waals surface area contributed by atoms with E-state index in [4.69, 9.17) is 23.2 Å². The molecular formula is C14H10Cl2F3N. The standard InChI is InChI=1S/C14H10Cl2F3N/c1-20-14(11-8(15)3-2-4-9(11)16)7-5-6-10(17)13(19)12(7)18/h2-6,14,20H,1H3. The summed E-state index contributed by atoms with van der Waals surface area (Å²) in [6.07, 6.45) is 0. The Morgan fingerprint density at radius 1 is 0.950 bits per heavy atom. The molecule has 0 aliphatic heterocycles. The molecule has 2 rings (SSSR count). The van der Waals surface area contributed by atoms with E-state index in [2.05, 4.69) is 5.32 Å². The topological polar surface area (TPSA) is 12.0 Å². The lowest BCUT2D eigenvalue weighted by molar-refractivity contribution is 0.435. The van der Waals surface area contributed by atoms with Gasteiger partial charge in [0, 0.05) is 21.2 Å². The lowest BCUT2D eigenvalue weighted by Gasteiger charge is -2.20. The van der Waals surface area contributed by atoms with Gasteiger partial charge in [-0.15, -0.1) is 0 Å². The van der Waals surface area contributed by atoms with Crippen LogP contribution in [-0.4, -0.2) is 7.05 Å². The summed E-state index contributed by atoms with van der Waals surface area (Å²) < 4.78 is 40.3. The third-order valence-electron chi connectivity index (χ3n) is 2.95. The Morgan fingerprint density at radius 2 is 1.55 bits per heavy atom. The maximum absolute atomic E-state index is 13.9. The minimum atomic E-state index is -1.52. The van der Waals surface area contributed by atoms with Crippen LogP contribution in [0.2, 0.25) is 10.0 Å². The van der Waals surface area contributed by atoms with E-state index in [0.29, 0.717) is 15.6 Å². The molecule has 1 N–H and O–H groups in total. The maximum atomic E-state index is 13.9. The fourth-order valence-corrected chi connectivity index (χ4v) is 2.62. The second-order valence-corrected chi connectivity index (χ2v) is 4.94. The van der Waals surface area contributed by atoms with Crippen LogP contribution < -0.4 is 5.32 Å². The van der Waals surface area contributed by atoms with Crippen LogP contribution in [0.4, 0.5) is 13.2 Å². The zero-order chi connectivity index (χ0) is 14.9. The third kappa shape index (κ3) is 2.64. The highest BCUT2D eigenvalue weighted by atomic mass is 35.5. The summed E-state index contributed by atoms with van der Waals surface area (Å²) in [4.78, 5) is 0. The molecule has 1 unspecified atom stereocenters. The zero-order valence-electron chi connectivity index (χ0n) is 10.4. The average molecular weight is 320 g/mol. The van der Waals surface area contributed by atoms with Crippen molar-refractivity contribution < 1.29 is 13.2 Å². The Hall–Kier alpha value is -1.23. The maximum Gasteiger partial charge on any atom is 0.194 e. The predicted octanol–water partition coefficient (Wildman–Crippen LogP) is 4.72. The molecule has 2 aromatic carbocycles. The first-order chi connectivity index (χ1) is 9.47. The first-order valence-electron chi connectivity index (χ1n) is 5.72. The first kappa shape index (κ1) is 15.2. The summed E-state index contributed by atoms with van der Waals surface area (Å²) >= 11 is 12.1. The molecule has 0 aliphatic carbocycles. The molecule has 0 saturated heterocycles. The van der Waals surface area contributed by atoms with Gasteiger partial charge in [-0.05, 0) is 25.2 Å². The van der Waals surface area contributed by atoms with Gasteiger partial charge in [0.25, 0.3) is 0 Å². The van der Waals surface area contributed by atoms with Crippen molar-refractivity contribution in [2.45, 2.75) is 6.04 Å². The highest BCUT2D eigenvalue weighted by Crippen LogP contribution is 2.35. The Labute approximate surface area is 124 Å². The van der Waals surface area contributed by atoms with Crippen LogP contribution in [0.3, 0.4) is 0 Å². The van der Waals surface area contributed by atoms with E-state index in [0.717, 1.165) is 12.1 Å². The van der Waals surface area contributed by atoms with Gasteiger partial charge in [0.05, 0.1) is 6.04 Å². The van der Waals surface area contributed by atoms with E-state index in [1.807, 2.05) is 0 Å². The molecule has 0 fully saturated rings. The van der Waals surface area contributed by atoms with Crippen molar-refractivity contribution in [3.8, 4) is 0 Å². The molecule has 0 aromatic heterocycles. The normalized spacial score (nSPS) is 12.5. The van der Waals surface area contributed by atoms with Gasteiger partial charge in [0.2, 0.25) is 0 Å². The van der Waals surface area contributed by atoms with E-state index >= 15 is 0 Å². The zero-order valence-corrected chi connectivity index (χ0v) is 11.9. The quantitative estimate of drug-likeness (QED) is 0.807. The van der Waals surface area contributed by atoms with Crippen LogP contribution in [-0.2, 0) is 0 Å². The van der Waals surface area contributed by atoms with Gasteiger partial charge in [0.1, 0.15) is 0 Å². The first-order valence-corrected chi connectivity index (χ1v) is 6.47.